The van der Waals surface area contributed by atoms with Gasteiger partial charge in [-0.05, 0) is 24.1 Å². The van der Waals surface area contributed by atoms with Crippen LogP contribution in [-0.2, 0) is 13.2 Å². The molecule has 0 amide bonds. The van der Waals surface area contributed by atoms with Crippen LogP contribution in [0.3, 0.4) is 0 Å². The number of hydrogen-bond donors (Lipinski definition) is 1. The third kappa shape index (κ3) is 4.41. The number of aryl methyl sites for hydroxylation is 1. The molecule has 3 heterocycles. The lowest BCUT2D eigenvalue weighted by atomic mass is 10.2. The van der Waals surface area contributed by atoms with Gasteiger partial charge in [0.25, 0.3) is 0 Å². The Kier molecular flexibility index (Phi) is 5.48. The normalized spacial score (nSPS) is 22.0. The number of nitrogens with zero attached hydrogens (tertiary/aromatic N) is 4. The van der Waals surface area contributed by atoms with E-state index in [-0.39, 0.29) is 0 Å². The van der Waals surface area contributed by atoms with Crippen LogP contribution in [0.25, 0.3) is 0 Å². The first-order chi connectivity index (χ1) is 12.8. The minimum Gasteiger partial charge on any atom is -0.485 e. The molecule has 26 heavy (non-hydrogen) atoms. The highest BCUT2D eigenvalue weighted by Crippen LogP contribution is 2.20. The maximum atomic E-state index is 5.72. The molecule has 140 valence electrons. The first-order valence-electron chi connectivity index (χ1n) is 9.44. The molecule has 7 nitrogen and oxygen atoms in total. The number of benzene rings is 1. The molecule has 1 aromatic carbocycles. The van der Waals surface area contributed by atoms with Crippen LogP contribution in [0.4, 0.5) is 0 Å². The van der Waals surface area contributed by atoms with Gasteiger partial charge in [-0.25, -0.2) is 0 Å². The van der Waals surface area contributed by atoms with Crippen molar-refractivity contribution < 1.29 is 9.26 Å². The van der Waals surface area contributed by atoms with Gasteiger partial charge < -0.3 is 14.6 Å². The quantitative estimate of drug-likeness (QED) is 0.839. The van der Waals surface area contributed by atoms with Gasteiger partial charge in [-0.2, -0.15) is 4.98 Å². The summed E-state index contributed by atoms with van der Waals surface area (Å²) in [5.41, 5.74) is 1.33. The molecule has 1 unspecified atom stereocenters. The van der Waals surface area contributed by atoms with E-state index in [0.29, 0.717) is 18.3 Å². The van der Waals surface area contributed by atoms with Crippen molar-refractivity contribution in [2.24, 2.45) is 0 Å². The number of likely N-dealkylation sites (tertiary alicyclic amines) is 1. The molecule has 0 saturated carbocycles. The zero-order valence-corrected chi connectivity index (χ0v) is 15.4. The van der Waals surface area contributed by atoms with Crippen molar-refractivity contribution in [3.63, 3.8) is 0 Å². The lowest BCUT2D eigenvalue weighted by molar-refractivity contribution is 0.170. The summed E-state index contributed by atoms with van der Waals surface area (Å²) in [4.78, 5) is 9.35. The van der Waals surface area contributed by atoms with Gasteiger partial charge in [-0.3, -0.25) is 9.80 Å². The number of hydrogen-bond acceptors (Lipinski definition) is 7. The Labute approximate surface area is 154 Å². The Morgan fingerprint density at radius 2 is 2.00 bits per heavy atom. The van der Waals surface area contributed by atoms with Crippen LogP contribution in [0.1, 0.15) is 23.7 Å². The molecule has 1 aromatic heterocycles. The van der Waals surface area contributed by atoms with Crippen LogP contribution < -0.4 is 10.1 Å². The van der Waals surface area contributed by atoms with E-state index in [1.807, 2.05) is 12.1 Å². The van der Waals surface area contributed by atoms with Crippen molar-refractivity contribution in [3.05, 3.63) is 41.5 Å². The smallest absolute Gasteiger partial charge is 0.223 e. The maximum absolute atomic E-state index is 5.72. The summed E-state index contributed by atoms with van der Waals surface area (Å²) in [6.07, 6.45) is 1.28. The van der Waals surface area contributed by atoms with E-state index in [1.165, 1.54) is 38.2 Å². The third-order valence-corrected chi connectivity index (χ3v) is 5.18. The van der Waals surface area contributed by atoms with E-state index >= 15 is 0 Å². The molecule has 2 aromatic rings. The van der Waals surface area contributed by atoms with Crippen molar-refractivity contribution in [1.82, 2.24) is 25.3 Å². The summed E-state index contributed by atoms with van der Waals surface area (Å²) in [6, 6.07) is 9.06. The molecule has 2 aliphatic heterocycles. The first-order valence-corrected chi connectivity index (χ1v) is 9.44. The minimum atomic E-state index is 0.329. The summed E-state index contributed by atoms with van der Waals surface area (Å²) in [6.45, 7) is 10.1. The molecule has 2 saturated heterocycles. The van der Waals surface area contributed by atoms with Gasteiger partial charge >= 0.3 is 0 Å². The molecule has 0 aliphatic carbocycles. The second-order valence-corrected chi connectivity index (χ2v) is 7.13. The number of rotatable bonds is 6. The summed E-state index contributed by atoms with van der Waals surface area (Å²) in [7, 11) is 0. The average Bonchev–Trinajstić information content (AvgIpc) is 3.31. The zero-order valence-electron chi connectivity index (χ0n) is 15.4. The fraction of sp³-hybridized carbons (Fsp3) is 0.579. The lowest BCUT2D eigenvalue weighted by Crippen LogP contribution is -2.49. The topological polar surface area (TPSA) is 66.7 Å². The van der Waals surface area contributed by atoms with E-state index in [0.717, 1.165) is 31.4 Å². The monoisotopic (exact) mass is 357 g/mol. The van der Waals surface area contributed by atoms with E-state index in [2.05, 4.69) is 37.4 Å². The first kappa shape index (κ1) is 17.5. The predicted octanol–water partition coefficient (Wildman–Crippen LogP) is 1.44. The highest BCUT2D eigenvalue weighted by Gasteiger charge is 2.28. The Morgan fingerprint density at radius 1 is 1.19 bits per heavy atom. The van der Waals surface area contributed by atoms with Gasteiger partial charge in [0, 0.05) is 58.8 Å². The molecule has 0 spiro atoms. The summed E-state index contributed by atoms with van der Waals surface area (Å²) in [5.74, 6) is 1.96. The maximum Gasteiger partial charge on any atom is 0.223 e. The van der Waals surface area contributed by atoms with Gasteiger partial charge in [-0.1, -0.05) is 17.3 Å². The molecule has 1 atom stereocenters. The number of nitrogens with one attached hydrogen (secondary N) is 1. The van der Waals surface area contributed by atoms with Crippen molar-refractivity contribution in [1.29, 1.82) is 0 Å². The Bertz CT molecular complexity index is 696. The molecule has 2 aliphatic rings. The van der Waals surface area contributed by atoms with Crippen molar-refractivity contribution in [3.8, 4) is 5.75 Å². The van der Waals surface area contributed by atoms with Crippen LogP contribution in [0.15, 0.2) is 28.8 Å². The highest BCUT2D eigenvalue weighted by molar-refractivity contribution is 5.27. The highest BCUT2D eigenvalue weighted by atomic mass is 16.5. The van der Waals surface area contributed by atoms with E-state index < -0.39 is 0 Å². The van der Waals surface area contributed by atoms with E-state index in [1.54, 1.807) is 6.92 Å². The second-order valence-electron chi connectivity index (χ2n) is 7.13. The summed E-state index contributed by atoms with van der Waals surface area (Å²) < 4.78 is 10.7. The molecule has 7 heteroatoms. The molecule has 0 bridgehead atoms. The lowest BCUT2D eigenvalue weighted by Gasteiger charge is -2.32. The number of ether oxygens (including phenoxy) is 1. The van der Waals surface area contributed by atoms with Gasteiger partial charge in [0.05, 0.1) is 0 Å². The molecule has 2 fully saturated rings. The van der Waals surface area contributed by atoms with Crippen molar-refractivity contribution in [2.45, 2.75) is 32.5 Å². The molecule has 1 N–H and O–H groups in total. The molecular formula is C19H27N5O2. The fourth-order valence-corrected chi connectivity index (χ4v) is 3.80. The van der Waals surface area contributed by atoms with Crippen LogP contribution >= 0.6 is 0 Å². The van der Waals surface area contributed by atoms with Gasteiger partial charge in [-0.15, -0.1) is 0 Å². The average molecular weight is 357 g/mol. The minimum absolute atomic E-state index is 0.329. The molecular weight excluding hydrogens is 330 g/mol. The predicted molar refractivity (Wildman–Crippen MR) is 97.9 cm³/mol. The fourth-order valence-electron chi connectivity index (χ4n) is 3.80. The Morgan fingerprint density at radius 3 is 2.73 bits per heavy atom. The standard InChI is InChI=1S/C19H27N5O2/c1-15-21-19(22-26-15)14-25-18-4-2-16(3-5-18)12-23-9-6-17(13-23)24-10-7-20-8-11-24/h2-5,17,20H,6-14H2,1H3. The molecule has 0 radical (unpaired) electrons. The van der Waals surface area contributed by atoms with Gasteiger partial charge in [0.2, 0.25) is 11.7 Å². The largest absolute Gasteiger partial charge is 0.485 e. The third-order valence-electron chi connectivity index (χ3n) is 5.18. The Balaban J connectivity index is 1.25. The van der Waals surface area contributed by atoms with E-state index in [4.69, 9.17) is 9.26 Å². The van der Waals surface area contributed by atoms with Crippen molar-refractivity contribution in [2.75, 3.05) is 39.3 Å². The second kappa shape index (κ2) is 8.16. The van der Waals surface area contributed by atoms with Crippen molar-refractivity contribution >= 4 is 0 Å². The SMILES string of the molecule is Cc1nc(COc2ccc(CN3CCC(N4CCNCC4)C3)cc2)no1. The van der Waals surface area contributed by atoms with Crippen LogP contribution in [0.5, 0.6) is 5.75 Å². The van der Waals surface area contributed by atoms with Crippen LogP contribution in [0.2, 0.25) is 0 Å². The summed E-state index contributed by atoms with van der Waals surface area (Å²) >= 11 is 0. The van der Waals surface area contributed by atoms with Crippen LogP contribution in [-0.4, -0.2) is 65.3 Å². The van der Waals surface area contributed by atoms with Gasteiger partial charge in [0.1, 0.15) is 5.75 Å². The van der Waals surface area contributed by atoms with Gasteiger partial charge in [0.15, 0.2) is 6.61 Å². The zero-order chi connectivity index (χ0) is 17.8. The number of aromatic nitrogens is 2. The summed E-state index contributed by atoms with van der Waals surface area (Å²) in [5, 5.41) is 7.27. The van der Waals surface area contributed by atoms with Crippen LogP contribution in [0, 0.1) is 6.92 Å². The van der Waals surface area contributed by atoms with E-state index in [9.17, 15) is 0 Å². The Hall–Kier alpha value is -1.96. The molecule has 4 rings (SSSR count). The number of piperazine rings is 1.